The molecular formula is C10H15NO2S. The Morgan fingerprint density at radius 2 is 2.00 bits per heavy atom. The molecule has 0 saturated carbocycles. The van der Waals surface area contributed by atoms with Gasteiger partial charge in [-0.3, -0.25) is 0 Å². The topological polar surface area (TPSA) is 46.2 Å². The molecule has 78 valence electrons. The largest absolute Gasteiger partial charge is 0.216 e. The Labute approximate surface area is 85.3 Å². The highest BCUT2D eigenvalue weighted by Gasteiger charge is 2.21. The van der Waals surface area contributed by atoms with Gasteiger partial charge in [0.1, 0.15) is 0 Å². The summed E-state index contributed by atoms with van der Waals surface area (Å²) >= 11 is 0. The number of rotatable bonds is 1. The van der Waals surface area contributed by atoms with Crippen LogP contribution in [0.1, 0.15) is 13.8 Å². The van der Waals surface area contributed by atoms with Gasteiger partial charge in [0.25, 0.3) is 0 Å². The molecule has 0 amide bonds. The SMILES string of the molecule is C/C=C/C=C1/CS(=O)(=O)NC/C1=C/C. The van der Waals surface area contributed by atoms with E-state index in [1.54, 1.807) is 0 Å². The van der Waals surface area contributed by atoms with Crippen LogP contribution < -0.4 is 4.72 Å². The lowest BCUT2D eigenvalue weighted by Crippen LogP contribution is -2.35. The molecule has 1 aliphatic heterocycles. The lowest BCUT2D eigenvalue weighted by atomic mass is 10.1. The van der Waals surface area contributed by atoms with E-state index in [9.17, 15) is 8.42 Å². The van der Waals surface area contributed by atoms with Crippen LogP contribution in [-0.2, 0) is 10.0 Å². The van der Waals surface area contributed by atoms with Crippen molar-refractivity contribution in [3.8, 4) is 0 Å². The van der Waals surface area contributed by atoms with Gasteiger partial charge in [-0.15, -0.1) is 0 Å². The maximum Gasteiger partial charge on any atom is 0.216 e. The molecule has 1 fully saturated rings. The van der Waals surface area contributed by atoms with E-state index >= 15 is 0 Å². The summed E-state index contributed by atoms with van der Waals surface area (Å²) in [7, 11) is -3.10. The second kappa shape index (κ2) is 4.57. The zero-order chi connectivity index (χ0) is 10.6. The lowest BCUT2D eigenvalue weighted by molar-refractivity contribution is 0.583. The minimum absolute atomic E-state index is 0.0804. The van der Waals surface area contributed by atoms with Crippen molar-refractivity contribution < 1.29 is 8.42 Å². The highest BCUT2D eigenvalue weighted by Crippen LogP contribution is 2.16. The van der Waals surface area contributed by atoms with Crippen LogP contribution in [0.25, 0.3) is 0 Å². The van der Waals surface area contributed by atoms with Crippen molar-refractivity contribution in [1.29, 1.82) is 0 Å². The van der Waals surface area contributed by atoms with Gasteiger partial charge in [0.15, 0.2) is 0 Å². The smallest absolute Gasteiger partial charge is 0.212 e. The van der Waals surface area contributed by atoms with Crippen molar-refractivity contribution in [3.63, 3.8) is 0 Å². The van der Waals surface area contributed by atoms with Crippen LogP contribution in [0, 0.1) is 0 Å². The van der Waals surface area contributed by atoms with Crippen LogP contribution in [0.3, 0.4) is 0 Å². The number of hydrogen-bond donors (Lipinski definition) is 1. The van der Waals surface area contributed by atoms with E-state index in [0.717, 1.165) is 11.1 Å². The average molecular weight is 213 g/mol. The van der Waals surface area contributed by atoms with E-state index in [2.05, 4.69) is 4.72 Å². The monoisotopic (exact) mass is 213 g/mol. The zero-order valence-electron chi connectivity index (χ0n) is 8.45. The fraction of sp³-hybridized carbons (Fsp3) is 0.400. The number of sulfonamides is 1. The van der Waals surface area contributed by atoms with Gasteiger partial charge in [-0.2, -0.15) is 0 Å². The molecule has 0 radical (unpaired) electrons. The van der Waals surface area contributed by atoms with Crippen LogP contribution >= 0.6 is 0 Å². The summed E-state index contributed by atoms with van der Waals surface area (Å²) in [5, 5.41) is 0. The quantitative estimate of drug-likeness (QED) is 0.715. The third-order valence-corrected chi connectivity index (χ3v) is 3.35. The summed E-state index contributed by atoms with van der Waals surface area (Å²) in [6, 6.07) is 0. The third-order valence-electron chi connectivity index (χ3n) is 2.08. The molecule has 0 bridgehead atoms. The van der Waals surface area contributed by atoms with Crippen LogP contribution in [0.5, 0.6) is 0 Å². The van der Waals surface area contributed by atoms with Crippen molar-refractivity contribution in [2.24, 2.45) is 0 Å². The number of nitrogens with one attached hydrogen (secondary N) is 1. The molecule has 14 heavy (non-hydrogen) atoms. The van der Waals surface area contributed by atoms with Crippen molar-refractivity contribution in [2.75, 3.05) is 12.3 Å². The molecule has 1 rings (SSSR count). The van der Waals surface area contributed by atoms with Crippen LogP contribution in [-0.4, -0.2) is 20.7 Å². The Bertz CT molecular complexity index is 388. The average Bonchev–Trinajstić information content (AvgIpc) is 2.14. The normalized spacial score (nSPS) is 27.6. The van der Waals surface area contributed by atoms with Crippen molar-refractivity contribution in [1.82, 2.24) is 4.72 Å². The molecule has 1 heterocycles. The van der Waals surface area contributed by atoms with Crippen LogP contribution in [0.15, 0.2) is 35.5 Å². The van der Waals surface area contributed by atoms with Gasteiger partial charge in [-0.05, 0) is 25.0 Å². The van der Waals surface area contributed by atoms with Crippen LogP contribution in [0.4, 0.5) is 0 Å². The van der Waals surface area contributed by atoms with E-state index in [1.807, 2.05) is 38.2 Å². The lowest BCUT2D eigenvalue weighted by Gasteiger charge is -2.19. The van der Waals surface area contributed by atoms with E-state index in [0.29, 0.717) is 6.54 Å². The molecule has 0 unspecified atom stereocenters. The molecule has 3 nitrogen and oxygen atoms in total. The number of hydrogen-bond acceptors (Lipinski definition) is 2. The first kappa shape index (κ1) is 11.2. The zero-order valence-corrected chi connectivity index (χ0v) is 9.26. The van der Waals surface area contributed by atoms with E-state index < -0.39 is 10.0 Å². The molecule has 0 aromatic heterocycles. The molecule has 0 spiro atoms. The Morgan fingerprint density at radius 3 is 2.57 bits per heavy atom. The summed E-state index contributed by atoms with van der Waals surface area (Å²) in [6.07, 6.45) is 7.54. The van der Waals surface area contributed by atoms with Crippen molar-refractivity contribution in [2.45, 2.75) is 13.8 Å². The highest BCUT2D eigenvalue weighted by molar-refractivity contribution is 7.89. The molecule has 1 N–H and O–H groups in total. The van der Waals surface area contributed by atoms with E-state index in [-0.39, 0.29) is 5.75 Å². The summed E-state index contributed by atoms with van der Waals surface area (Å²) in [5.74, 6) is 0.0804. The van der Waals surface area contributed by atoms with E-state index in [4.69, 9.17) is 0 Å². The van der Waals surface area contributed by atoms with E-state index in [1.165, 1.54) is 0 Å². The second-order valence-corrected chi connectivity index (χ2v) is 4.92. The standard InChI is InChI=1S/C10H15NO2S/c1-3-5-6-10-8-14(12,13)11-7-9(10)4-2/h3-6,11H,7-8H2,1-2H3/b5-3+,9-4-,10-6-. The fourth-order valence-electron chi connectivity index (χ4n) is 1.30. The minimum Gasteiger partial charge on any atom is -0.212 e. The van der Waals surface area contributed by atoms with Gasteiger partial charge in [-0.1, -0.05) is 24.3 Å². The molecule has 0 aromatic rings. The summed E-state index contributed by atoms with van der Waals surface area (Å²) < 4.78 is 25.1. The van der Waals surface area contributed by atoms with Gasteiger partial charge in [-0.25, -0.2) is 13.1 Å². The first-order chi connectivity index (χ1) is 6.59. The highest BCUT2D eigenvalue weighted by atomic mass is 32.2. The van der Waals surface area contributed by atoms with Gasteiger partial charge in [0.05, 0.1) is 5.75 Å². The molecule has 0 atom stereocenters. The van der Waals surface area contributed by atoms with Crippen molar-refractivity contribution in [3.05, 3.63) is 35.5 Å². The molecule has 1 aliphatic rings. The summed E-state index contributed by atoms with van der Waals surface area (Å²) in [5.41, 5.74) is 1.93. The third kappa shape index (κ3) is 2.82. The van der Waals surface area contributed by atoms with Gasteiger partial charge >= 0.3 is 0 Å². The Hall–Kier alpha value is -0.870. The Balaban J connectivity index is 2.98. The van der Waals surface area contributed by atoms with Gasteiger partial charge < -0.3 is 0 Å². The fourth-order valence-corrected chi connectivity index (χ4v) is 2.47. The Kier molecular flexibility index (Phi) is 3.66. The predicted molar refractivity (Wildman–Crippen MR) is 58.4 cm³/mol. The molecule has 1 saturated heterocycles. The van der Waals surface area contributed by atoms with Gasteiger partial charge in [0, 0.05) is 6.54 Å². The molecular weight excluding hydrogens is 198 g/mol. The Morgan fingerprint density at radius 1 is 1.29 bits per heavy atom. The maximum absolute atomic E-state index is 11.3. The molecule has 0 aliphatic carbocycles. The minimum atomic E-state index is -3.10. The first-order valence-electron chi connectivity index (χ1n) is 4.54. The van der Waals surface area contributed by atoms with Crippen molar-refractivity contribution >= 4 is 10.0 Å². The summed E-state index contributed by atoms with van der Waals surface area (Å²) in [4.78, 5) is 0. The first-order valence-corrected chi connectivity index (χ1v) is 6.19. The van der Waals surface area contributed by atoms with Gasteiger partial charge in [0.2, 0.25) is 10.0 Å². The maximum atomic E-state index is 11.3. The van der Waals surface area contributed by atoms with Crippen LogP contribution in [0.2, 0.25) is 0 Å². The molecule has 4 heteroatoms. The summed E-state index contributed by atoms with van der Waals surface area (Å²) in [6.45, 7) is 4.22. The number of allylic oxidation sites excluding steroid dienone is 4. The second-order valence-electron chi connectivity index (χ2n) is 3.11. The predicted octanol–water partition coefficient (Wildman–Crippen LogP) is 1.37. The molecule has 0 aromatic carbocycles.